The molecule has 7 rings (SSSR count). The van der Waals surface area contributed by atoms with E-state index < -0.39 is 5.97 Å². The minimum absolute atomic E-state index is 0.308. The molecule has 0 radical (unpaired) electrons. The second-order valence-electron chi connectivity index (χ2n) is 12.2. The highest BCUT2D eigenvalue weighted by Gasteiger charge is 2.28. The van der Waals surface area contributed by atoms with Crippen LogP contribution >= 0.6 is 0 Å². The molecule has 2 aliphatic rings. The summed E-state index contributed by atoms with van der Waals surface area (Å²) in [5, 5.41) is 23.5. The molecule has 2 N–H and O–H groups in total. The second kappa shape index (κ2) is 12.2. The molecule has 47 heavy (non-hydrogen) atoms. The topological polar surface area (TPSA) is 132 Å². The van der Waals surface area contributed by atoms with E-state index in [9.17, 15) is 20.0 Å². The van der Waals surface area contributed by atoms with Gasteiger partial charge in [0, 0.05) is 54.1 Å². The van der Waals surface area contributed by atoms with Crippen LogP contribution in [0.5, 0.6) is 0 Å². The highest BCUT2D eigenvalue weighted by molar-refractivity contribution is 6.09. The van der Waals surface area contributed by atoms with Gasteiger partial charge in [-0.3, -0.25) is 24.5 Å². The second-order valence-corrected chi connectivity index (χ2v) is 12.2. The van der Waals surface area contributed by atoms with Crippen molar-refractivity contribution in [3.05, 3.63) is 112 Å². The van der Waals surface area contributed by atoms with E-state index in [1.807, 2.05) is 30.5 Å². The molecule has 4 heterocycles. The molecule has 0 saturated carbocycles. The van der Waals surface area contributed by atoms with Gasteiger partial charge in [0.05, 0.1) is 28.9 Å². The third-order valence-electron chi connectivity index (χ3n) is 9.31. The number of aliphatic carboxylic acids is 1. The van der Waals surface area contributed by atoms with Gasteiger partial charge < -0.3 is 10.4 Å². The molecule has 9 heteroatoms. The molecule has 0 bridgehead atoms. The average molecular weight is 621 g/mol. The number of anilines is 2. The van der Waals surface area contributed by atoms with Crippen LogP contribution in [0.2, 0.25) is 0 Å². The summed E-state index contributed by atoms with van der Waals surface area (Å²) in [6.45, 7) is 6.16. The molecular weight excluding hydrogens is 588 g/mol. The highest BCUT2D eigenvalue weighted by Crippen LogP contribution is 2.37. The number of fused-ring (bicyclic) bond motifs is 2. The molecule has 0 aliphatic carbocycles. The third-order valence-corrected chi connectivity index (χ3v) is 9.31. The molecule has 2 aromatic heterocycles. The number of likely N-dealkylation sites (tertiary alicyclic amines) is 1. The molecule has 5 aromatic rings. The lowest BCUT2D eigenvalue weighted by Gasteiger charge is -2.18. The smallest absolute Gasteiger partial charge is 0.307 e. The number of pyridine rings is 2. The van der Waals surface area contributed by atoms with Crippen LogP contribution < -0.4 is 5.32 Å². The molecule has 1 atom stereocenters. The van der Waals surface area contributed by atoms with E-state index >= 15 is 0 Å². The Bertz CT molecular complexity index is 2170. The summed E-state index contributed by atoms with van der Waals surface area (Å²) in [5.74, 6) is -0.377. The fourth-order valence-corrected chi connectivity index (χ4v) is 6.79. The van der Waals surface area contributed by atoms with Gasteiger partial charge in [0.15, 0.2) is 5.82 Å². The van der Waals surface area contributed by atoms with Crippen LogP contribution in [0.25, 0.3) is 22.0 Å². The molecule has 0 unspecified atom stereocenters. The van der Waals surface area contributed by atoms with Crippen molar-refractivity contribution in [2.45, 2.75) is 33.2 Å². The molecule has 232 valence electrons. The number of aromatic nitrogens is 2. The van der Waals surface area contributed by atoms with Crippen molar-refractivity contribution in [2.24, 2.45) is 10.9 Å². The lowest BCUT2D eigenvalue weighted by Crippen LogP contribution is -2.22. The SMILES string of the molecule is Cc1c(Nc2nccc3cc(CN4CC[C@@H](C(=O)O)C4)cnc23)cccc1-c1cccc(C2=Nc3cc(C=O)cc(C#N)c3C2)c1C. The number of rotatable bonds is 8. The van der Waals surface area contributed by atoms with Crippen LogP contribution in [0.1, 0.15) is 50.2 Å². The number of carbonyl (C=O) groups is 2. The summed E-state index contributed by atoms with van der Waals surface area (Å²) in [7, 11) is 0. The zero-order valence-corrected chi connectivity index (χ0v) is 26.1. The Labute approximate surface area is 272 Å². The van der Waals surface area contributed by atoms with Gasteiger partial charge in [-0.15, -0.1) is 0 Å². The van der Waals surface area contributed by atoms with Gasteiger partial charge in [-0.1, -0.05) is 30.3 Å². The van der Waals surface area contributed by atoms with E-state index in [1.54, 1.807) is 18.3 Å². The summed E-state index contributed by atoms with van der Waals surface area (Å²) in [5.41, 5.74) is 11.4. The summed E-state index contributed by atoms with van der Waals surface area (Å²) in [6, 6.07) is 22.0. The monoisotopic (exact) mass is 620 g/mol. The summed E-state index contributed by atoms with van der Waals surface area (Å²) in [6.07, 6.45) is 5.58. The van der Waals surface area contributed by atoms with E-state index in [2.05, 4.69) is 59.4 Å². The first-order valence-electron chi connectivity index (χ1n) is 15.6. The van der Waals surface area contributed by atoms with Gasteiger partial charge in [-0.25, -0.2) is 4.98 Å². The zero-order chi connectivity index (χ0) is 32.7. The Hall–Kier alpha value is -5.72. The van der Waals surface area contributed by atoms with Gasteiger partial charge >= 0.3 is 5.97 Å². The first-order chi connectivity index (χ1) is 22.8. The zero-order valence-electron chi connectivity index (χ0n) is 26.1. The molecule has 0 spiro atoms. The fraction of sp³-hybridized carbons (Fsp3) is 0.211. The number of aliphatic imine (C=N–C) groups is 1. The van der Waals surface area contributed by atoms with Crippen molar-refractivity contribution >= 4 is 46.1 Å². The number of nitrogens with zero attached hydrogens (tertiary/aromatic N) is 5. The number of carbonyl (C=O) groups excluding carboxylic acids is 1. The van der Waals surface area contributed by atoms with Crippen LogP contribution in [-0.2, 0) is 17.8 Å². The Balaban J connectivity index is 1.16. The van der Waals surface area contributed by atoms with E-state index in [1.165, 1.54) is 0 Å². The molecule has 9 nitrogen and oxygen atoms in total. The number of nitriles is 1. The number of carboxylic acid groups (broad SMARTS) is 1. The van der Waals surface area contributed by atoms with Crippen molar-refractivity contribution in [3.63, 3.8) is 0 Å². The number of nitrogens with one attached hydrogen (secondary N) is 1. The number of hydrogen-bond acceptors (Lipinski definition) is 8. The first-order valence-corrected chi connectivity index (χ1v) is 15.6. The number of hydrogen-bond donors (Lipinski definition) is 2. The average Bonchev–Trinajstić information content (AvgIpc) is 3.73. The predicted octanol–water partition coefficient (Wildman–Crippen LogP) is 6.92. The molecule has 0 amide bonds. The quantitative estimate of drug-likeness (QED) is 0.179. The van der Waals surface area contributed by atoms with E-state index in [4.69, 9.17) is 9.98 Å². The number of aldehydes is 1. The summed E-state index contributed by atoms with van der Waals surface area (Å²) >= 11 is 0. The maximum absolute atomic E-state index is 11.4. The van der Waals surface area contributed by atoms with Crippen molar-refractivity contribution in [3.8, 4) is 17.2 Å². The normalized spacial score (nSPS) is 15.7. The standard InChI is InChI=1S/C38H32N6O3/c1-22-29(5-3-7-31(22)35-16-32-28(17-39)13-24(21-45)15-34(32)42-35)30-6-4-8-33(23(30)2)43-37-36-26(9-11-40-37)14-25(18-41-36)19-44-12-10-27(20-44)38(46)47/h3-9,11,13-15,18,21,27H,10,12,16,19-20H2,1-2H3,(H,40,43)(H,46,47)/t27-/m1/s1. The first kappa shape index (κ1) is 30.0. The largest absolute Gasteiger partial charge is 0.481 e. The Morgan fingerprint density at radius 2 is 1.85 bits per heavy atom. The van der Waals surface area contributed by atoms with Crippen LogP contribution in [0, 0.1) is 31.1 Å². The van der Waals surface area contributed by atoms with Gasteiger partial charge in [-0.2, -0.15) is 5.26 Å². The van der Waals surface area contributed by atoms with Gasteiger partial charge in [-0.05, 0) is 90.5 Å². The fourth-order valence-electron chi connectivity index (χ4n) is 6.79. The Kier molecular flexibility index (Phi) is 7.80. The third kappa shape index (κ3) is 5.64. The Morgan fingerprint density at radius 3 is 2.62 bits per heavy atom. The number of benzene rings is 3. The van der Waals surface area contributed by atoms with E-state index in [-0.39, 0.29) is 5.92 Å². The number of carboxylic acids is 1. The van der Waals surface area contributed by atoms with Crippen LogP contribution in [0.3, 0.4) is 0 Å². The maximum Gasteiger partial charge on any atom is 0.307 e. The summed E-state index contributed by atoms with van der Waals surface area (Å²) < 4.78 is 0. The lowest BCUT2D eigenvalue weighted by atomic mass is 9.90. The Morgan fingerprint density at radius 1 is 1.06 bits per heavy atom. The molecule has 3 aromatic carbocycles. The molecule has 1 fully saturated rings. The van der Waals surface area contributed by atoms with Crippen LogP contribution in [0.4, 0.5) is 17.2 Å². The van der Waals surface area contributed by atoms with Crippen molar-refractivity contribution in [1.82, 2.24) is 14.9 Å². The lowest BCUT2D eigenvalue weighted by molar-refractivity contribution is -0.141. The molecular formula is C38H32N6O3. The van der Waals surface area contributed by atoms with Gasteiger partial charge in [0.25, 0.3) is 0 Å². The van der Waals surface area contributed by atoms with Crippen molar-refractivity contribution in [1.29, 1.82) is 5.26 Å². The van der Waals surface area contributed by atoms with E-state index in [0.717, 1.165) is 74.1 Å². The van der Waals surface area contributed by atoms with Crippen LogP contribution in [0.15, 0.2) is 78.0 Å². The van der Waals surface area contributed by atoms with Crippen molar-refractivity contribution < 1.29 is 14.7 Å². The highest BCUT2D eigenvalue weighted by atomic mass is 16.4. The predicted molar refractivity (Wildman–Crippen MR) is 182 cm³/mol. The summed E-state index contributed by atoms with van der Waals surface area (Å²) in [4.78, 5) is 39.2. The van der Waals surface area contributed by atoms with Gasteiger partial charge in [0.1, 0.15) is 11.8 Å². The molecule has 1 saturated heterocycles. The minimum atomic E-state index is -0.729. The van der Waals surface area contributed by atoms with Crippen molar-refractivity contribution in [2.75, 3.05) is 18.4 Å². The maximum atomic E-state index is 11.4. The minimum Gasteiger partial charge on any atom is -0.481 e. The van der Waals surface area contributed by atoms with Crippen LogP contribution in [-0.4, -0.2) is 51.0 Å². The van der Waals surface area contributed by atoms with Gasteiger partial charge in [0.2, 0.25) is 0 Å². The molecule has 2 aliphatic heterocycles. The van der Waals surface area contributed by atoms with E-state index in [0.29, 0.717) is 48.6 Å².